The minimum Gasteiger partial charge on any atom is -0.353 e. The van der Waals surface area contributed by atoms with Crippen molar-refractivity contribution >= 4 is 22.8 Å². The number of rotatable bonds is 4. The Kier molecular flexibility index (Phi) is 4.42. The Morgan fingerprint density at radius 2 is 1.89 bits per heavy atom. The van der Waals surface area contributed by atoms with E-state index in [1.807, 2.05) is 12.1 Å². The number of hydrogen-bond donors (Lipinski definition) is 1. The molecule has 18 heavy (non-hydrogen) atoms. The van der Waals surface area contributed by atoms with Gasteiger partial charge in [-0.05, 0) is 24.0 Å². The summed E-state index contributed by atoms with van der Waals surface area (Å²) >= 11 is 1.21. The smallest absolute Gasteiger partial charge is 0.221 e. The molecule has 0 spiro atoms. The van der Waals surface area contributed by atoms with Gasteiger partial charge in [0.1, 0.15) is 0 Å². The van der Waals surface area contributed by atoms with Crippen molar-refractivity contribution in [3.05, 3.63) is 35.4 Å². The zero-order chi connectivity index (χ0) is 13.0. The Morgan fingerprint density at radius 3 is 2.44 bits per heavy atom. The quantitative estimate of drug-likeness (QED) is 0.903. The first kappa shape index (κ1) is 13.1. The maximum atomic E-state index is 11.7. The highest BCUT2D eigenvalue weighted by Gasteiger charge is 2.21. The van der Waals surface area contributed by atoms with Gasteiger partial charge in [0.15, 0.2) is 5.12 Å². The SMILES string of the molecule is CC(=O)SCCC(=O)NC1Cc2ccccc2C1. The molecule has 0 saturated carbocycles. The van der Waals surface area contributed by atoms with Crippen molar-refractivity contribution in [1.82, 2.24) is 5.32 Å². The number of benzene rings is 1. The van der Waals surface area contributed by atoms with E-state index in [0.29, 0.717) is 12.2 Å². The van der Waals surface area contributed by atoms with Crippen LogP contribution in [-0.2, 0) is 22.4 Å². The van der Waals surface area contributed by atoms with Gasteiger partial charge in [-0.3, -0.25) is 9.59 Å². The van der Waals surface area contributed by atoms with Gasteiger partial charge in [0.05, 0.1) is 0 Å². The second kappa shape index (κ2) is 6.05. The highest BCUT2D eigenvalue weighted by Crippen LogP contribution is 2.21. The Labute approximate surface area is 111 Å². The van der Waals surface area contributed by atoms with Gasteiger partial charge in [0.25, 0.3) is 0 Å². The maximum absolute atomic E-state index is 11.7. The van der Waals surface area contributed by atoms with Gasteiger partial charge in [0.2, 0.25) is 5.91 Å². The summed E-state index contributed by atoms with van der Waals surface area (Å²) in [5.41, 5.74) is 2.67. The standard InChI is InChI=1S/C14H17NO2S/c1-10(16)18-7-6-14(17)15-13-8-11-4-2-3-5-12(11)9-13/h2-5,13H,6-9H2,1H3,(H,15,17). The molecular formula is C14H17NO2S. The molecule has 1 aliphatic carbocycles. The summed E-state index contributed by atoms with van der Waals surface area (Å²) in [6, 6.07) is 8.52. The van der Waals surface area contributed by atoms with Gasteiger partial charge in [-0.2, -0.15) is 0 Å². The van der Waals surface area contributed by atoms with E-state index in [0.717, 1.165) is 12.8 Å². The molecule has 0 saturated heterocycles. The van der Waals surface area contributed by atoms with Crippen molar-refractivity contribution in [2.75, 3.05) is 5.75 Å². The molecule has 0 bridgehead atoms. The molecule has 96 valence electrons. The average Bonchev–Trinajstić information content (AvgIpc) is 2.70. The lowest BCUT2D eigenvalue weighted by Crippen LogP contribution is -2.35. The Hall–Kier alpha value is -1.29. The van der Waals surface area contributed by atoms with E-state index in [1.54, 1.807) is 0 Å². The summed E-state index contributed by atoms with van der Waals surface area (Å²) in [5, 5.41) is 3.10. The number of fused-ring (bicyclic) bond motifs is 1. The fourth-order valence-corrected chi connectivity index (χ4v) is 2.82. The third-order valence-electron chi connectivity index (χ3n) is 3.05. The first-order valence-corrected chi connectivity index (χ1v) is 7.13. The molecule has 1 aromatic carbocycles. The minimum atomic E-state index is 0.0431. The second-order valence-corrected chi connectivity index (χ2v) is 5.80. The lowest BCUT2D eigenvalue weighted by Gasteiger charge is -2.11. The van der Waals surface area contributed by atoms with E-state index >= 15 is 0 Å². The van der Waals surface area contributed by atoms with Gasteiger partial charge in [0, 0.05) is 25.1 Å². The normalized spacial score (nSPS) is 14.3. The highest BCUT2D eigenvalue weighted by molar-refractivity contribution is 8.13. The molecule has 0 atom stereocenters. The zero-order valence-corrected chi connectivity index (χ0v) is 11.3. The molecule has 0 fully saturated rings. The first-order valence-electron chi connectivity index (χ1n) is 6.14. The summed E-state index contributed by atoms with van der Waals surface area (Å²) in [7, 11) is 0. The Balaban J connectivity index is 1.76. The maximum Gasteiger partial charge on any atom is 0.221 e. The molecule has 1 aromatic rings. The van der Waals surface area contributed by atoms with Crippen LogP contribution in [0.1, 0.15) is 24.5 Å². The summed E-state index contributed by atoms with van der Waals surface area (Å²) in [4.78, 5) is 22.4. The molecule has 0 heterocycles. The number of nitrogens with one attached hydrogen (secondary N) is 1. The van der Waals surface area contributed by atoms with Gasteiger partial charge >= 0.3 is 0 Å². The van der Waals surface area contributed by atoms with Crippen molar-refractivity contribution in [3.63, 3.8) is 0 Å². The first-order chi connectivity index (χ1) is 8.65. The summed E-state index contributed by atoms with van der Waals surface area (Å²) < 4.78 is 0. The predicted octanol–water partition coefficient (Wildman–Crippen LogP) is 1.94. The monoisotopic (exact) mass is 263 g/mol. The van der Waals surface area contributed by atoms with E-state index in [9.17, 15) is 9.59 Å². The van der Waals surface area contributed by atoms with E-state index in [4.69, 9.17) is 0 Å². The van der Waals surface area contributed by atoms with Gasteiger partial charge < -0.3 is 5.32 Å². The number of carbonyl (C=O) groups is 2. The fourth-order valence-electron chi connectivity index (χ4n) is 2.25. The van der Waals surface area contributed by atoms with Crippen molar-refractivity contribution in [1.29, 1.82) is 0 Å². The van der Waals surface area contributed by atoms with Crippen LogP contribution in [0.3, 0.4) is 0 Å². The molecule has 3 nitrogen and oxygen atoms in total. The third-order valence-corrected chi connectivity index (χ3v) is 3.87. The van der Waals surface area contributed by atoms with Crippen LogP contribution in [0.15, 0.2) is 24.3 Å². The summed E-state index contributed by atoms with van der Waals surface area (Å²) in [6.07, 6.45) is 2.25. The molecule has 2 rings (SSSR count). The topological polar surface area (TPSA) is 46.2 Å². The van der Waals surface area contributed by atoms with Crippen molar-refractivity contribution in [2.45, 2.75) is 32.2 Å². The van der Waals surface area contributed by atoms with Crippen LogP contribution in [-0.4, -0.2) is 22.8 Å². The fraction of sp³-hybridized carbons (Fsp3) is 0.429. The van der Waals surface area contributed by atoms with E-state index < -0.39 is 0 Å². The molecule has 1 N–H and O–H groups in total. The zero-order valence-electron chi connectivity index (χ0n) is 10.4. The Bertz CT molecular complexity index is 434. The lowest BCUT2D eigenvalue weighted by atomic mass is 10.1. The highest BCUT2D eigenvalue weighted by atomic mass is 32.2. The molecule has 0 unspecified atom stereocenters. The minimum absolute atomic E-state index is 0.0431. The summed E-state index contributed by atoms with van der Waals surface area (Å²) in [6.45, 7) is 1.52. The predicted molar refractivity (Wildman–Crippen MR) is 73.5 cm³/mol. The van der Waals surface area contributed by atoms with Crippen molar-refractivity contribution < 1.29 is 9.59 Å². The summed E-state index contributed by atoms with van der Waals surface area (Å²) in [5.74, 6) is 0.613. The molecule has 1 aliphatic rings. The molecule has 0 aliphatic heterocycles. The Morgan fingerprint density at radius 1 is 1.28 bits per heavy atom. The average molecular weight is 263 g/mol. The van der Waals surface area contributed by atoms with Crippen LogP contribution in [0.4, 0.5) is 0 Å². The number of thioether (sulfide) groups is 1. The van der Waals surface area contributed by atoms with Gasteiger partial charge in [-0.15, -0.1) is 0 Å². The van der Waals surface area contributed by atoms with Crippen LogP contribution in [0.5, 0.6) is 0 Å². The second-order valence-electron chi connectivity index (χ2n) is 4.53. The molecule has 4 heteroatoms. The lowest BCUT2D eigenvalue weighted by molar-refractivity contribution is -0.121. The van der Waals surface area contributed by atoms with Crippen LogP contribution in [0.2, 0.25) is 0 Å². The van der Waals surface area contributed by atoms with Crippen LogP contribution in [0, 0.1) is 0 Å². The third kappa shape index (κ3) is 3.60. The number of carbonyl (C=O) groups excluding carboxylic acids is 2. The van der Waals surface area contributed by atoms with Crippen molar-refractivity contribution in [2.24, 2.45) is 0 Å². The molecular weight excluding hydrogens is 246 g/mol. The molecule has 0 radical (unpaired) electrons. The van der Waals surface area contributed by atoms with Crippen LogP contribution in [0.25, 0.3) is 0 Å². The van der Waals surface area contributed by atoms with E-state index in [1.165, 1.54) is 29.8 Å². The van der Waals surface area contributed by atoms with E-state index in [2.05, 4.69) is 17.4 Å². The van der Waals surface area contributed by atoms with Gasteiger partial charge in [-0.1, -0.05) is 36.0 Å². The van der Waals surface area contributed by atoms with Crippen LogP contribution >= 0.6 is 11.8 Å². The molecule has 0 aromatic heterocycles. The van der Waals surface area contributed by atoms with Gasteiger partial charge in [-0.25, -0.2) is 0 Å². The van der Waals surface area contributed by atoms with E-state index in [-0.39, 0.29) is 17.1 Å². The molecule has 1 amide bonds. The van der Waals surface area contributed by atoms with Crippen molar-refractivity contribution in [3.8, 4) is 0 Å². The number of hydrogen-bond acceptors (Lipinski definition) is 3. The van der Waals surface area contributed by atoms with Crippen LogP contribution < -0.4 is 5.32 Å². The number of amides is 1. The largest absolute Gasteiger partial charge is 0.353 e.